The molecule has 0 saturated heterocycles. The molecule has 0 aliphatic heterocycles. The van der Waals surface area contributed by atoms with Gasteiger partial charge in [0.2, 0.25) is 0 Å². The second kappa shape index (κ2) is 9.79. The molecule has 154 valence electrons. The summed E-state index contributed by atoms with van der Waals surface area (Å²) in [5.74, 6) is 2.29. The molecule has 1 heterocycles. The van der Waals surface area contributed by atoms with Crippen LogP contribution >= 0.6 is 11.3 Å². The predicted octanol–water partition coefficient (Wildman–Crippen LogP) is 7.50. The van der Waals surface area contributed by atoms with Crippen LogP contribution in [0.5, 0.6) is 17.2 Å². The molecule has 1 aromatic heterocycles. The van der Waals surface area contributed by atoms with Crippen molar-refractivity contribution in [2.75, 3.05) is 0 Å². The first-order valence-electron chi connectivity index (χ1n) is 10.4. The Labute approximate surface area is 181 Å². The van der Waals surface area contributed by atoms with E-state index >= 15 is 0 Å². The monoisotopic (exact) mass is 418 g/mol. The Kier molecular flexibility index (Phi) is 6.67. The zero-order valence-corrected chi connectivity index (χ0v) is 17.9. The van der Waals surface area contributed by atoms with Gasteiger partial charge in [0.25, 0.3) is 0 Å². The first-order valence-corrected chi connectivity index (χ1v) is 11.2. The van der Waals surface area contributed by atoms with E-state index in [-0.39, 0.29) is 0 Å². The number of rotatable bonds is 9. The summed E-state index contributed by atoms with van der Waals surface area (Å²) in [4.78, 5) is 0.897. The third kappa shape index (κ3) is 4.84. The van der Waals surface area contributed by atoms with Gasteiger partial charge in [-0.25, -0.2) is 0 Å². The van der Waals surface area contributed by atoms with E-state index in [4.69, 9.17) is 9.47 Å². The van der Waals surface area contributed by atoms with Crippen molar-refractivity contribution in [2.24, 2.45) is 0 Å². The molecule has 0 spiro atoms. The number of thiophene rings is 1. The van der Waals surface area contributed by atoms with Gasteiger partial charge in [-0.05, 0) is 48.4 Å². The fourth-order valence-corrected chi connectivity index (χ4v) is 4.51. The Balaban J connectivity index is 1.52. The number of aliphatic hydroxyl groups is 1. The zero-order chi connectivity index (χ0) is 20.8. The quantitative estimate of drug-likeness (QED) is 0.306. The van der Waals surface area contributed by atoms with Crippen molar-refractivity contribution >= 4 is 21.4 Å². The van der Waals surface area contributed by atoms with Crippen LogP contribution in [-0.2, 0) is 6.61 Å². The summed E-state index contributed by atoms with van der Waals surface area (Å²) in [6.07, 6.45) is 2.28. The average Bonchev–Trinajstić information content (AvgIpc) is 3.16. The molecule has 3 aromatic carbocycles. The van der Waals surface area contributed by atoms with Crippen molar-refractivity contribution in [2.45, 2.75) is 38.9 Å². The number of ether oxygens (including phenoxy) is 2. The average molecular weight is 419 g/mol. The Morgan fingerprint density at radius 2 is 1.57 bits per heavy atom. The van der Waals surface area contributed by atoms with Gasteiger partial charge in [-0.15, -0.1) is 11.3 Å². The molecular formula is C26H26O3S. The van der Waals surface area contributed by atoms with E-state index in [9.17, 15) is 5.11 Å². The van der Waals surface area contributed by atoms with Crippen molar-refractivity contribution < 1.29 is 14.6 Å². The number of aliphatic hydroxyl groups excluding tert-OH is 1. The van der Waals surface area contributed by atoms with Gasteiger partial charge in [0.15, 0.2) is 5.75 Å². The van der Waals surface area contributed by atoms with Crippen LogP contribution in [0.25, 0.3) is 10.1 Å². The van der Waals surface area contributed by atoms with E-state index in [1.807, 2.05) is 66.7 Å². The van der Waals surface area contributed by atoms with E-state index in [2.05, 4.69) is 19.1 Å². The van der Waals surface area contributed by atoms with Crippen LogP contribution in [0.3, 0.4) is 0 Å². The number of hydrogen-bond acceptors (Lipinski definition) is 4. The molecule has 0 amide bonds. The summed E-state index contributed by atoms with van der Waals surface area (Å²) in [6.45, 7) is 2.67. The lowest BCUT2D eigenvalue weighted by Gasteiger charge is -2.13. The zero-order valence-electron chi connectivity index (χ0n) is 17.1. The van der Waals surface area contributed by atoms with Crippen LogP contribution < -0.4 is 9.47 Å². The highest BCUT2D eigenvalue weighted by atomic mass is 32.1. The SMILES string of the molecule is CCCCC(O)c1sc2ccccc2c1Oc1ccc(OCc2ccccc2)cc1. The topological polar surface area (TPSA) is 38.7 Å². The van der Waals surface area contributed by atoms with Gasteiger partial charge >= 0.3 is 0 Å². The highest BCUT2D eigenvalue weighted by Gasteiger charge is 2.20. The van der Waals surface area contributed by atoms with Gasteiger partial charge in [0.05, 0.1) is 11.0 Å². The van der Waals surface area contributed by atoms with E-state index < -0.39 is 6.10 Å². The van der Waals surface area contributed by atoms with Crippen molar-refractivity contribution in [1.82, 2.24) is 0 Å². The van der Waals surface area contributed by atoms with Crippen molar-refractivity contribution in [1.29, 1.82) is 0 Å². The Morgan fingerprint density at radius 1 is 0.867 bits per heavy atom. The van der Waals surface area contributed by atoms with Crippen molar-refractivity contribution in [3.05, 3.63) is 89.3 Å². The molecule has 4 aromatic rings. The summed E-state index contributed by atoms with van der Waals surface area (Å²) in [5.41, 5.74) is 1.13. The fraction of sp³-hybridized carbons (Fsp3) is 0.231. The number of hydrogen-bond donors (Lipinski definition) is 1. The van der Waals surface area contributed by atoms with E-state index in [0.717, 1.165) is 57.0 Å². The lowest BCUT2D eigenvalue weighted by Crippen LogP contribution is -1.97. The highest BCUT2D eigenvalue weighted by molar-refractivity contribution is 7.19. The van der Waals surface area contributed by atoms with Crippen LogP contribution in [0.1, 0.15) is 42.7 Å². The van der Waals surface area contributed by atoms with E-state index in [1.165, 1.54) is 0 Å². The second-order valence-electron chi connectivity index (χ2n) is 7.30. The molecule has 4 heteroatoms. The summed E-state index contributed by atoms with van der Waals surface area (Å²) in [5, 5.41) is 11.8. The van der Waals surface area contributed by atoms with Gasteiger partial charge in [-0.1, -0.05) is 62.2 Å². The van der Waals surface area contributed by atoms with E-state index in [1.54, 1.807) is 11.3 Å². The van der Waals surface area contributed by atoms with Crippen LogP contribution in [-0.4, -0.2) is 5.11 Å². The molecule has 30 heavy (non-hydrogen) atoms. The molecule has 1 unspecified atom stereocenters. The third-order valence-corrected chi connectivity index (χ3v) is 6.25. The largest absolute Gasteiger partial charge is 0.489 e. The van der Waals surface area contributed by atoms with Crippen LogP contribution in [0.4, 0.5) is 0 Å². The highest BCUT2D eigenvalue weighted by Crippen LogP contribution is 2.44. The molecule has 0 aliphatic rings. The molecule has 0 bridgehead atoms. The Bertz CT molecular complexity index is 1070. The van der Waals surface area contributed by atoms with Crippen LogP contribution in [0, 0.1) is 0 Å². The molecular weight excluding hydrogens is 392 g/mol. The van der Waals surface area contributed by atoms with Crippen molar-refractivity contribution in [3.63, 3.8) is 0 Å². The maximum Gasteiger partial charge on any atom is 0.151 e. The van der Waals surface area contributed by atoms with Crippen LogP contribution in [0.15, 0.2) is 78.9 Å². The molecule has 0 radical (unpaired) electrons. The van der Waals surface area contributed by atoms with Crippen LogP contribution in [0.2, 0.25) is 0 Å². The molecule has 3 nitrogen and oxygen atoms in total. The van der Waals surface area contributed by atoms with Gasteiger partial charge in [0.1, 0.15) is 18.1 Å². The first-order chi connectivity index (χ1) is 14.7. The smallest absolute Gasteiger partial charge is 0.151 e. The van der Waals surface area contributed by atoms with Crippen molar-refractivity contribution in [3.8, 4) is 17.2 Å². The molecule has 0 aliphatic carbocycles. The molecule has 1 N–H and O–H groups in total. The lowest BCUT2D eigenvalue weighted by atomic mass is 10.1. The van der Waals surface area contributed by atoms with E-state index in [0.29, 0.717) is 6.61 Å². The summed E-state index contributed by atoms with van der Waals surface area (Å²) < 4.78 is 13.3. The van der Waals surface area contributed by atoms with Gasteiger partial charge in [-0.2, -0.15) is 0 Å². The number of benzene rings is 3. The van der Waals surface area contributed by atoms with Gasteiger partial charge in [0, 0.05) is 10.1 Å². The Morgan fingerprint density at radius 3 is 2.33 bits per heavy atom. The minimum atomic E-state index is -0.508. The standard InChI is InChI=1S/C26H26O3S/c1-2-3-12-23(27)26-25(22-11-7-8-13-24(22)30-26)29-21-16-14-20(15-17-21)28-18-19-9-5-4-6-10-19/h4-11,13-17,23,27H,2-3,12,18H2,1H3. The normalized spacial score (nSPS) is 12.1. The molecule has 0 fully saturated rings. The minimum Gasteiger partial charge on any atom is -0.489 e. The van der Waals surface area contributed by atoms with Gasteiger partial charge < -0.3 is 14.6 Å². The summed E-state index contributed by atoms with van der Waals surface area (Å²) >= 11 is 1.61. The fourth-order valence-electron chi connectivity index (χ4n) is 3.36. The third-order valence-electron chi connectivity index (χ3n) is 5.00. The predicted molar refractivity (Wildman–Crippen MR) is 124 cm³/mol. The maximum absolute atomic E-state index is 10.7. The molecule has 4 rings (SSSR count). The first kappa shape index (κ1) is 20.5. The van der Waals surface area contributed by atoms with Gasteiger partial charge in [-0.3, -0.25) is 0 Å². The number of unbranched alkanes of at least 4 members (excludes halogenated alkanes) is 1. The summed E-state index contributed by atoms with van der Waals surface area (Å²) in [6, 6.07) is 25.9. The minimum absolute atomic E-state index is 0.508. The second-order valence-corrected chi connectivity index (χ2v) is 8.38. The lowest BCUT2D eigenvalue weighted by molar-refractivity contribution is 0.165. The number of fused-ring (bicyclic) bond motifs is 1. The summed E-state index contributed by atoms with van der Waals surface area (Å²) in [7, 11) is 0. The maximum atomic E-state index is 10.7. The Hall–Kier alpha value is -2.82. The molecule has 1 atom stereocenters. The molecule has 0 saturated carbocycles.